The Balaban J connectivity index is 1.26. The number of anilines is 2. The standard InChI is InChI=1S/C24H29N7O2/c1-28-21(15-20(27-28)18-6-5-7-19(14-18)33-2)24(32)31-12-10-30(11-13-31)23-16-22(25-17-26-23)29-8-3-4-9-29/h5-7,14-17H,3-4,8-13H2,1-2H3. The molecule has 2 fully saturated rings. The number of ether oxygens (including phenoxy) is 1. The number of hydrogen-bond acceptors (Lipinski definition) is 7. The first-order valence-corrected chi connectivity index (χ1v) is 11.4. The number of hydrogen-bond donors (Lipinski definition) is 0. The molecule has 0 atom stereocenters. The Kier molecular flexibility index (Phi) is 5.85. The number of rotatable bonds is 5. The van der Waals surface area contributed by atoms with Crippen LogP contribution in [0.3, 0.4) is 0 Å². The fourth-order valence-electron chi connectivity index (χ4n) is 4.52. The third-order valence-electron chi connectivity index (χ3n) is 6.42. The van der Waals surface area contributed by atoms with E-state index in [4.69, 9.17) is 4.74 Å². The fraction of sp³-hybridized carbons (Fsp3) is 0.417. The van der Waals surface area contributed by atoms with E-state index < -0.39 is 0 Å². The van der Waals surface area contributed by atoms with Gasteiger partial charge in [0.2, 0.25) is 0 Å². The zero-order valence-corrected chi connectivity index (χ0v) is 19.1. The smallest absolute Gasteiger partial charge is 0.272 e. The molecule has 2 aliphatic heterocycles. The number of nitrogens with zero attached hydrogens (tertiary/aromatic N) is 7. The van der Waals surface area contributed by atoms with E-state index in [1.54, 1.807) is 18.1 Å². The second-order valence-corrected chi connectivity index (χ2v) is 8.48. The van der Waals surface area contributed by atoms with Gasteiger partial charge in [-0.15, -0.1) is 0 Å². The van der Waals surface area contributed by atoms with Gasteiger partial charge < -0.3 is 19.4 Å². The van der Waals surface area contributed by atoms with Crippen LogP contribution in [0.25, 0.3) is 11.3 Å². The first-order chi connectivity index (χ1) is 16.1. The average Bonchev–Trinajstić information content (AvgIpc) is 3.54. The summed E-state index contributed by atoms with van der Waals surface area (Å²) in [7, 11) is 3.45. The van der Waals surface area contributed by atoms with E-state index in [0.29, 0.717) is 18.8 Å². The van der Waals surface area contributed by atoms with Crippen molar-refractivity contribution in [2.24, 2.45) is 7.05 Å². The van der Waals surface area contributed by atoms with E-state index in [1.807, 2.05) is 42.3 Å². The first kappa shape index (κ1) is 21.2. The SMILES string of the molecule is COc1cccc(-c2cc(C(=O)N3CCN(c4cc(N5CCCC5)ncn4)CC3)n(C)n2)c1. The number of carbonyl (C=O) groups is 1. The monoisotopic (exact) mass is 447 g/mol. The molecule has 0 spiro atoms. The molecule has 0 N–H and O–H groups in total. The van der Waals surface area contributed by atoms with Crippen molar-refractivity contribution in [3.8, 4) is 17.0 Å². The predicted molar refractivity (Wildman–Crippen MR) is 127 cm³/mol. The molecule has 0 unspecified atom stereocenters. The summed E-state index contributed by atoms with van der Waals surface area (Å²) in [5.41, 5.74) is 2.26. The van der Waals surface area contributed by atoms with E-state index >= 15 is 0 Å². The summed E-state index contributed by atoms with van der Waals surface area (Å²) in [6.07, 6.45) is 4.08. The van der Waals surface area contributed by atoms with Crippen LogP contribution < -0.4 is 14.5 Å². The minimum Gasteiger partial charge on any atom is -0.497 e. The Morgan fingerprint density at radius 3 is 2.30 bits per heavy atom. The minimum absolute atomic E-state index is 0.000704. The van der Waals surface area contributed by atoms with Crippen molar-refractivity contribution < 1.29 is 9.53 Å². The molecule has 0 bridgehead atoms. The Bertz CT molecular complexity index is 1130. The Morgan fingerprint density at radius 2 is 1.61 bits per heavy atom. The van der Waals surface area contributed by atoms with E-state index in [2.05, 4.69) is 30.9 Å². The van der Waals surface area contributed by atoms with Crippen LogP contribution in [0, 0.1) is 0 Å². The molecule has 3 aromatic rings. The van der Waals surface area contributed by atoms with E-state index in [0.717, 1.165) is 54.8 Å². The number of carbonyl (C=O) groups excluding carboxylic acids is 1. The van der Waals surface area contributed by atoms with Gasteiger partial charge in [0.15, 0.2) is 0 Å². The summed E-state index contributed by atoms with van der Waals surface area (Å²) >= 11 is 0. The van der Waals surface area contributed by atoms with Crippen molar-refractivity contribution in [1.29, 1.82) is 0 Å². The summed E-state index contributed by atoms with van der Waals surface area (Å²) < 4.78 is 6.98. The van der Waals surface area contributed by atoms with Gasteiger partial charge in [0.1, 0.15) is 29.4 Å². The maximum absolute atomic E-state index is 13.2. The zero-order valence-electron chi connectivity index (χ0n) is 19.1. The number of aryl methyl sites for hydroxylation is 1. The molecule has 172 valence electrons. The highest BCUT2D eigenvalue weighted by Crippen LogP contribution is 2.25. The Morgan fingerprint density at radius 1 is 0.909 bits per heavy atom. The van der Waals surface area contributed by atoms with Gasteiger partial charge in [0.05, 0.1) is 12.8 Å². The van der Waals surface area contributed by atoms with E-state index in [1.165, 1.54) is 12.8 Å². The lowest BCUT2D eigenvalue weighted by Gasteiger charge is -2.35. The second kappa shape index (κ2) is 9.09. The molecular formula is C24H29N7O2. The number of amides is 1. The number of aromatic nitrogens is 4. The van der Waals surface area contributed by atoms with Crippen molar-refractivity contribution >= 4 is 17.5 Å². The van der Waals surface area contributed by atoms with Crippen LogP contribution in [0.1, 0.15) is 23.3 Å². The van der Waals surface area contributed by atoms with Crippen LogP contribution >= 0.6 is 0 Å². The summed E-state index contributed by atoms with van der Waals surface area (Å²) in [6, 6.07) is 11.6. The molecule has 0 aliphatic carbocycles. The van der Waals surface area contributed by atoms with Gasteiger partial charge in [-0.25, -0.2) is 9.97 Å². The lowest BCUT2D eigenvalue weighted by atomic mass is 10.1. The van der Waals surface area contributed by atoms with Gasteiger partial charge in [-0.3, -0.25) is 9.48 Å². The lowest BCUT2D eigenvalue weighted by Crippen LogP contribution is -2.49. The molecule has 0 saturated carbocycles. The molecule has 2 aliphatic rings. The highest BCUT2D eigenvalue weighted by atomic mass is 16.5. The van der Waals surface area contributed by atoms with Crippen LogP contribution in [0.15, 0.2) is 42.7 Å². The molecule has 1 amide bonds. The highest BCUT2D eigenvalue weighted by molar-refractivity contribution is 5.94. The van der Waals surface area contributed by atoms with Gasteiger partial charge in [-0.05, 0) is 31.0 Å². The second-order valence-electron chi connectivity index (χ2n) is 8.48. The van der Waals surface area contributed by atoms with Crippen molar-refractivity contribution in [1.82, 2.24) is 24.6 Å². The highest BCUT2D eigenvalue weighted by Gasteiger charge is 2.26. The summed E-state index contributed by atoms with van der Waals surface area (Å²) in [4.78, 5) is 28.6. The van der Waals surface area contributed by atoms with Crippen molar-refractivity contribution in [2.75, 3.05) is 56.2 Å². The first-order valence-electron chi connectivity index (χ1n) is 11.4. The molecule has 9 nitrogen and oxygen atoms in total. The number of piperazine rings is 1. The number of benzene rings is 1. The van der Waals surface area contributed by atoms with Gasteiger partial charge in [-0.1, -0.05) is 12.1 Å². The van der Waals surface area contributed by atoms with Crippen LogP contribution in [0.5, 0.6) is 5.75 Å². The Hall–Kier alpha value is -3.62. The van der Waals surface area contributed by atoms with Crippen LogP contribution in [0.4, 0.5) is 11.6 Å². The van der Waals surface area contributed by atoms with Gasteiger partial charge in [-0.2, -0.15) is 5.10 Å². The molecule has 0 radical (unpaired) electrons. The van der Waals surface area contributed by atoms with Crippen LogP contribution in [-0.2, 0) is 7.05 Å². The van der Waals surface area contributed by atoms with Crippen LogP contribution in [0.2, 0.25) is 0 Å². The molecule has 9 heteroatoms. The number of methoxy groups -OCH3 is 1. The summed E-state index contributed by atoms with van der Waals surface area (Å²) in [5, 5.41) is 4.56. The third-order valence-corrected chi connectivity index (χ3v) is 6.42. The average molecular weight is 448 g/mol. The van der Waals surface area contributed by atoms with Gasteiger partial charge in [0, 0.05) is 57.9 Å². The lowest BCUT2D eigenvalue weighted by molar-refractivity contribution is 0.0735. The normalized spacial score (nSPS) is 16.4. The molecule has 4 heterocycles. The summed E-state index contributed by atoms with van der Waals surface area (Å²) in [5.74, 6) is 2.69. The maximum Gasteiger partial charge on any atom is 0.272 e. The topological polar surface area (TPSA) is 79.6 Å². The van der Waals surface area contributed by atoms with E-state index in [9.17, 15) is 4.79 Å². The maximum atomic E-state index is 13.2. The molecule has 2 aromatic heterocycles. The van der Waals surface area contributed by atoms with E-state index in [-0.39, 0.29) is 5.91 Å². The molecule has 5 rings (SSSR count). The predicted octanol–water partition coefficient (Wildman–Crippen LogP) is 2.45. The molecule has 1 aromatic carbocycles. The minimum atomic E-state index is -0.000704. The fourth-order valence-corrected chi connectivity index (χ4v) is 4.52. The Labute approximate surface area is 193 Å². The third kappa shape index (κ3) is 4.35. The summed E-state index contributed by atoms with van der Waals surface area (Å²) in [6.45, 7) is 4.87. The van der Waals surface area contributed by atoms with Gasteiger partial charge >= 0.3 is 0 Å². The molecule has 33 heavy (non-hydrogen) atoms. The van der Waals surface area contributed by atoms with Crippen molar-refractivity contribution in [3.63, 3.8) is 0 Å². The molecular weight excluding hydrogens is 418 g/mol. The molecule has 2 saturated heterocycles. The van der Waals surface area contributed by atoms with Crippen LogP contribution in [-0.4, -0.2) is 76.9 Å². The largest absolute Gasteiger partial charge is 0.497 e. The van der Waals surface area contributed by atoms with Crippen molar-refractivity contribution in [2.45, 2.75) is 12.8 Å². The van der Waals surface area contributed by atoms with Crippen molar-refractivity contribution in [3.05, 3.63) is 48.4 Å². The van der Waals surface area contributed by atoms with Gasteiger partial charge in [0.25, 0.3) is 5.91 Å². The quantitative estimate of drug-likeness (QED) is 0.594. The zero-order chi connectivity index (χ0) is 22.8.